The Morgan fingerprint density at radius 2 is 2.33 bits per heavy atom. The summed E-state index contributed by atoms with van der Waals surface area (Å²) >= 11 is 9.27. The lowest BCUT2D eigenvalue weighted by Crippen LogP contribution is -2.13. The molecule has 2 aromatic rings. The second kappa shape index (κ2) is 6.01. The standard InChI is InChI=1S/C12H9BrClN3O/c1-2-5-15-7-11-16-12(17-18-11)8-3-4-10(14)9(13)6-8/h1,3-4,6,15H,5,7H2. The van der Waals surface area contributed by atoms with E-state index in [9.17, 15) is 0 Å². The van der Waals surface area contributed by atoms with Crippen LogP contribution in [0.25, 0.3) is 11.4 Å². The molecule has 0 spiro atoms. The summed E-state index contributed by atoms with van der Waals surface area (Å²) < 4.78 is 5.89. The molecule has 0 saturated heterocycles. The van der Waals surface area contributed by atoms with Crippen LogP contribution in [0.2, 0.25) is 5.02 Å². The Morgan fingerprint density at radius 1 is 1.50 bits per heavy atom. The van der Waals surface area contributed by atoms with Crippen molar-refractivity contribution < 1.29 is 4.52 Å². The van der Waals surface area contributed by atoms with Crippen LogP contribution in [-0.4, -0.2) is 16.7 Å². The van der Waals surface area contributed by atoms with Gasteiger partial charge >= 0.3 is 0 Å². The van der Waals surface area contributed by atoms with E-state index >= 15 is 0 Å². The van der Waals surface area contributed by atoms with Gasteiger partial charge in [0, 0.05) is 10.0 Å². The van der Waals surface area contributed by atoms with E-state index in [0.717, 1.165) is 10.0 Å². The summed E-state index contributed by atoms with van der Waals surface area (Å²) in [6.07, 6.45) is 5.12. The van der Waals surface area contributed by atoms with Crippen LogP contribution < -0.4 is 5.32 Å². The van der Waals surface area contributed by atoms with Crippen LogP contribution in [0.1, 0.15) is 5.89 Å². The van der Waals surface area contributed by atoms with Crippen LogP contribution in [0.3, 0.4) is 0 Å². The minimum atomic E-state index is 0.450. The van der Waals surface area contributed by atoms with Gasteiger partial charge in [0.15, 0.2) is 0 Å². The van der Waals surface area contributed by atoms with E-state index < -0.39 is 0 Å². The maximum absolute atomic E-state index is 5.92. The summed E-state index contributed by atoms with van der Waals surface area (Å²) in [5.41, 5.74) is 0.832. The van der Waals surface area contributed by atoms with Crippen LogP contribution in [0.5, 0.6) is 0 Å². The third kappa shape index (κ3) is 3.10. The van der Waals surface area contributed by atoms with Gasteiger partial charge in [-0.2, -0.15) is 4.98 Å². The highest BCUT2D eigenvalue weighted by Gasteiger charge is 2.09. The van der Waals surface area contributed by atoms with Crippen molar-refractivity contribution in [2.75, 3.05) is 6.54 Å². The number of rotatable bonds is 4. The van der Waals surface area contributed by atoms with Gasteiger partial charge in [-0.25, -0.2) is 0 Å². The molecule has 6 heteroatoms. The fourth-order valence-electron chi connectivity index (χ4n) is 1.32. The van der Waals surface area contributed by atoms with E-state index in [1.165, 1.54) is 0 Å². The Labute approximate surface area is 118 Å². The van der Waals surface area contributed by atoms with Gasteiger partial charge in [0.2, 0.25) is 11.7 Å². The molecular weight excluding hydrogens is 318 g/mol. The first kappa shape index (κ1) is 13.1. The monoisotopic (exact) mass is 325 g/mol. The van der Waals surface area contributed by atoms with Crippen molar-refractivity contribution >= 4 is 27.5 Å². The summed E-state index contributed by atoms with van der Waals surface area (Å²) in [6, 6.07) is 5.44. The molecule has 92 valence electrons. The van der Waals surface area contributed by atoms with Crippen molar-refractivity contribution in [1.29, 1.82) is 0 Å². The summed E-state index contributed by atoms with van der Waals surface area (Å²) in [5.74, 6) is 3.48. The first-order chi connectivity index (χ1) is 8.70. The number of terminal acetylenes is 1. The fourth-order valence-corrected chi connectivity index (χ4v) is 1.82. The molecule has 1 heterocycles. The van der Waals surface area contributed by atoms with Gasteiger partial charge in [-0.3, -0.25) is 5.32 Å². The Balaban J connectivity index is 2.14. The molecule has 2 rings (SSSR count). The highest BCUT2D eigenvalue weighted by molar-refractivity contribution is 9.10. The van der Waals surface area contributed by atoms with Crippen LogP contribution in [-0.2, 0) is 6.54 Å². The SMILES string of the molecule is C#CCNCc1nc(-c2ccc(Cl)c(Br)c2)no1. The average Bonchev–Trinajstić information content (AvgIpc) is 2.82. The van der Waals surface area contributed by atoms with Gasteiger partial charge in [0.25, 0.3) is 0 Å². The highest BCUT2D eigenvalue weighted by atomic mass is 79.9. The number of aromatic nitrogens is 2. The lowest BCUT2D eigenvalue weighted by Gasteiger charge is -1.97. The van der Waals surface area contributed by atoms with Crippen LogP contribution in [0.15, 0.2) is 27.2 Å². The fraction of sp³-hybridized carbons (Fsp3) is 0.167. The van der Waals surface area contributed by atoms with Crippen LogP contribution in [0.4, 0.5) is 0 Å². The minimum Gasteiger partial charge on any atom is -0.338 e. The maximum Gasteiger partial charge on any atom is 0.240 e. The molecule has 0 unspecified atom stereocenters. The largest absolute Gasteiger partial charge is 0.338 e. The Bertz CT molecular complexity index is 591. The van der Waals surface area contributed by atoms with Gasteiger partial charge in [0.1, 0.15) is 0 Å². The van der Waals surface area contributed by atoms with Gasteiger partial charge in [0.05, 0.1) is 18.1 Å². The molecule has 1 N–H and O–H groups in total. The molecule has 0 aliphatic heterocycles. The zero-order chi connectivity index (χ0) is 13.0. The summed E-state index contributed by atoms with van der Waals surface area (Å²) in [4.78, 5) is 4.25. The van der Waals surface area contributed by atoms with Crippen LogP contribution in [0, 0.1) is 12.3 Å². The molecule has 0 aliphatic carbocycles. The van der Waals surface area contributed by atoms with Gasteiger partial charge in [-0.1, -0.05) is 22.7 Å². The molecule has 0 radical (unpaired) electrons. The van der Waals surface area contributed by atoms with Crippen molar-refractivity contribution in [3.8, 4) is 23.7 Å². The third-order valence-electron chi connectivity index (χ3n) is 2.15. The normalized spacial score (nSPS) is 10.3. The quantitative estimate of drug-likeness (QED) is 0.693. The van der Waals surface area contributed by atoms with E-state index in [4.69, 9.17) is 22.5 Å². The minimum absolute atomic E-state index is 0.450. The molecule has 0 atom stereocenters. The third-order valence-corrected chi connectivity index (χ3v) is 3.36. The van der Waals surface area contributed by atoms with Gasteiger partial charge in [-0.15, -0.1) is 6.42 Å². The molecule has 0 saturated carbocycles. The van der Waals surface area contributed by atoms with E-state index in [1.807, 2.05) is 12.1 Å². The van der Waals surface area contributed by atoms with Gasteiger partial charge < -0.3 is 4.52 Å². The van der Waals surface area contributed by atoms with Crippen molar-refractivity contribution in [1.82, 2.24) is 15.5 Å². The van der Waals surface area contributed by atoms with Gasteiger partial charge in [-0.05, 0) is 34.1 Å². The van der Waals surface area contributed by atoms with Crippen molar-refractivity contribution in [2.45, 2.75) is 6.54 Å². The number of nitrogens with zero attached hydrogens (tertiary/aromatic N) is 2. The predicted octanol–water partition coefficient (Wildman–Crippen LogP) is 2.88. The summed E-state index contributed by atoms with van der Waals surface area (Å²) in [7, 11) is 0. The van der Waals surface area contributed by atoms with Crippen molar-refractivity contribution in [3.05, 3.63) is 33.6 Å². The molecule has 1 aromatic heterocycles. The molecule has 18 heavy (non-hydrogen) atoms. The lowest BCUT2D eigenvalue weighted by molar-refractivity contribution is 0.370. The molecule has 0 amide bonds. The first-order valence-corrected chi connectivity index (χ1v) is 6.30. The Kier molecular flexibility index (Phi) is 4.37. The molecule has 0 bridgehead atoms. The summed E-state index contributed by atoms with van der Waals surface area (Å²) in [6.45, 7) is 0.913. The smallest absolute Gasteiger partial charge is 0.240 e. The van der Waals surface area contributed by atoms with E-state index in [-0.39, 0.29) is 0 Å². The average molecular weight is 327 g/mol. The lowest BCUT2D eigenvalue weighted by atomic mass is 10.2. The number of benzene rings is 1. The van der Waals surface area contributed by atoms with Crippen LogP contribution >= 0.6 is 27.5 Å². The molecular formula is C12H9BrClN3O. The zero-order valence-corrected chi connectivity index (χ0v) is 11.6. The first-order valence-electron chi connectivity index (χ1n) is 5.13. The molecule has 1 aromatic carbocycles. The molecule has 4 nitrogen and oxygen atoms in total. The summed E-state index contributed by atoms with van der Waals surface area (Å²) in [5, 5.41) is 7.51. The molecule has 0 fully saturated rings. The van der Waals surface area contributed by atoms with Crippen molar-refractivity contribution in [3.63, 3.8) is 0 Å². The number of nitrogens with one attached hydrogen (secondary N) is 1. The number of hydrogen-bond donors (Lipinski definition) is 1. The zero-order valence-electron chi connectivity index (χ0n) is 9.28. The predicted molar refractivity (Wildman–Crippen MR) is 73.0 cm³/mol. The number of hydrogen-bond acceptors (Lipinski definition) is 4. The Morgan fingerprint density at radius 3 is 3.06 bits per heavy atom. The maximum atomic E-state index is 5.92. The number of halogens is 2. The topological polar surface area (TPSA) is 51.0 Å². The second-order valence-corrected chi connectivity index (χ2v) is 4.71. The van der Waals surface area contributed by atoms with E-state index in [2.05, 4.69) is 37.3 Å². The van der Waals surface area contributed by atoms with Crippen molar-refractivity contribution in [2.24, 2.45) is 0 Å². The second-order valence-electron chi connectivity index (χ2n) is 3.45. The Hall–Kier alpha value is -1.35. The van der Waals surface area contributed by atoms with E-state index in [0.29, 0.717) is 29.8 Å². The van der Waals surface area contributed by atoms with E-state index in [1.54, 1.807) is 6.07 Å². The molecule has 0 aliphatic rings. The highest BCUT2D eigenvalue weighted by Crippen LogP contribution is 2.27.